The molecule has 0 aromatic heterocycles. The highest BCUT2D eigenvalue weighted by molar-refractivity contribution is 14.0. The van der Waals surface area contributed by atoms with E-state index >= 15 is 0 Å². The van der Waals surface area contributed by atoms with Gasteiger partial charge in [0.2, 0.25) is 5.91 Å². The van der Waals surface area contributed by atoms with E-state index in [1.165, 1.54) is 7.05 Å². The average molecular weight is 502 g/mol. The summed E-state index contributed by atoms with van der Waals surface area (Å²) in [5, 5.41) is 5.82. The third-order valence-electron chi connectivity index (χ3n) is 3.68. The minimum atomic E-state index is -4.43. The van der Waals surface area contributed by atoms with Crippen molar-refractivity contribution in [3.63, 3.8) is 0 Å². The molecule has 0 bridgehead atoms. The van der Waals surface area contributed by atoms with Gasteiger partial charge in [-0.2, -0.15) is 13.2 Å². The number of halogens is 4. The highest BCUT2D eigenvalue weighted by Crippen LogP contribution is 2.25. The first kappa shape index (κ1) is 25.3. The Labute approximate surface area is 174 Å². The Kier molecular flexibility index (Phi) is 10.5. The molecule has 27 heavy (non-hydrogen) atoms. The maximum atomic E-state index is 12.3. The number of guanidine groups is 1. The van der Waals surface area contributed by atoms with E-state index in [0.29, 0.717) is 16.6 Å². The van der Waals surface area contributed by atoms with Gasteiger partial charge < -0.3 is 20.3 Å². The van der Waals surface area contributed by atoms with Crippen LogP contribution in [0.15, 0.2) is 23.2 Å². The van der Waals surface area contributed by atoms with Gasteiger partial charge in [0.05, 0.1) is 19.7 Å². The van der Waals surface area contributed by atoms with E-state index in [-0.39, 0.29) is 36.6 Å². The van der Waals surface area contributed by atoms with Crippen LogP contribution >= 0.6 is 24.0 Å². The molecule has 0 aliphatic carbocycles. The molecule has 0 aliphatic rings. The Morgan fingerprint density at radius 1 is 1.37 bits per heavy atom. The summed E-state index contributed by atoms with van der Waals surface area (Å²) in [6.45, 7) is 2.25. The SMILES string of the molecule is CN=C(NCC(=O)N(C)CC(F)(F)F)NC(C)c1cc(C)ccc1OC.I. The van der Waals surface area contributed by atoms with Gasteiger partial charge in [-0.05, 0) is 19.9 Å². The number of hydrogen-bond acceptors (Lipinski definition) is 3. The van der Waals surface area contributed by atoms with E-state index in [0.717, 1.165) is 18.2 Å². The van der Waals surface area contributed by atoms with Gasteiger partial charge in [-0.3, -0.25) is 9.79 Å². The lowest BCUT2D eigenvalue weighted by Crippen LogP contribution is -2.46. The molecule has 0 fully saturated rings. The maximum absolute atomic E-state index is 12.3. The van der Waals surface area contributed by atoms with Crippen molar-refractivity contribution in [2.75, 3.05) is 34.3 Å². The molecule has 2 N–H and O–H groups in total. The number of aliphatic imine (C=N–C) groups is 1. The topological polar surface area (TPSA) is 66.0 Å². The fourth-order valence-corrected chi connectivity index (χ4v) is 2.32. The summed E-state index contributed by atoms with van der Waals surface area (Å²) in [4.78, 5) is 16.4. The molecule has 0 radical (unpaired) electrons. The number of amides is 1. The summed E-state index contributed by atoms with van der Waals surface area (Å²) in [6, 6.07) is 5.55. The minimum absolute atomic E-state index is 0. The zero-order chi connectivity index (χ0) is 19.9. The molecular weight excluding hydrogens is 476 g/mol. The smallest absolute Gasteiger partial charge is 0.406 e. The van der Waals surface area contributed by atoms with Crippen LogP contribution in [-0.4, -0.2) is 57.2 Å². The first-order valence-corrected chi connectivity index (χ1v) is 7.99. The van der Waals surface area contributed by atoms with Gasteiger partial charge in [0, 0.05) is 19.7 Å². The van der Waals surface area contributed by atoms with Crippen LogP contribution in [0.4, 0.5) is 13.2 Å². The van der Waals surface area contributed by atoms with Gasteiger partial charge in [0.25, 0.3) is 0 Å². The summed E-state index contributed by atoms with van der Waals surface area (Å²) in [5.74, 6) is 0.313. The number of nitrogens with one attached hydrogen (secondary N) is 2. The van der Waals surface area contributed by atoms with Gasteiger partial charge >= 0.3 is 6.18 Å². The monoisotopic (exact) mass is 502 g/mol. The summed E-state index contributed by atoms with van der Waals surface area (Å²) in [5.41, 5.74) is 1.96. The summed E-state index contributed by atoms with van der Waals surface area (Å²) in [7, 11) is 4.19. The average Bonchev–Trinajstić information content (AvgIpc) is 2.56. The number of methoxy groups -OCH3 is 1. The summed E-state index contributed by atoms with van der Waals surface area (Å²) < 4.78 is 42.3. The van der Waals surface area contributed by atoms with Crippen molar-refractivity contribution in [3.8, 4) is 5.75 Å². The zero-order valence-electron chi connectivity index (χ0n) is 16.0. The predicted octanol–water partition coefficient (Wildman–Crippen LogP) is 2.87. The molecule has 154 valence electrons. The third kappa shape index (κ3) is 8.67. The number of likely N-dealkylation sites (N-methyl/N-ethyl adjacent to an activating group) is 1. The molecule has 0 saturated heterocycles. The Morgan fingerprint density at radius 2 is 2.00 bits per heavy atom. The van der Waals surface area contributed by atoms with Crippen molar-refractivity contribution in [3.05, 3.63) is 29.3 Å². The van der Waals surface area contributed by atoms with Crippen LogP contribution in [0, 0.1) is 6.92 Å². The molecule has 10 heteroatoms. The van der Waals surface area contributed by atoms with Crippen LogP contribution in [0.5, 0.6) is 5.75 Å². The van der Waals surface area contributed by atoms with Crippen molar-refractivity contribution in [2.24, 2.45) is 4.99 Å². The number of aryl methyl sites for hydroxylation is 1. The quantitative estimate of drug-likeness (QED) is 0.357. The number of carbonyl (C=O) groups is 1. The molecule has 1 amide bonds. The third-order valence-corrected chi connectivity index (χ3v) is 3.68. The number of alkyl halides is 3. The van der Waals surface area contributed by atoms with E-state index in [2.05, 4.69) is 15.6 Å². The van der Waals surface area contributed by atoms with Crippen LogP contribution in [0.3, 0.4) is 0 Å². The van der Waals surface area contributed by atoms with Crippen molar-refractivity contribution in [1.29, 1.82) is 0 Å². The molecule has 1 aromatic rings. The molecule has 1 rings (SSSR count). The minimum Gasteiger partial charge on any atom is -0.496 e. The molecular formula is C17H26F3IN4O2. The Balaban J connectivity index is 0.00000676. The number of benzene rings is 1. The lowest BCUT2D eigenvalue weighted by Gasteiger charge is -2.22. The first-order valence-electron chi connectivity index (χ1n) is 7.99. The van der Waals surface area contributed by atoms with Gasteiger partial charge in [-0.1, -0.05) is 17.7 Å². The highest BCUT2D eigenvalue weighted by atomic mass is 127. The predicted molar refractivity (Wildman–Crippen MR) is 110 cm³/mol. The van der Waals surface area contributed by atoms with Crippen LogP contribution in [-0.2, 0) is 4.79 Å². The Bertz CT molecular complexity index is 654. The Hall–Kier alpha value is -1.72. The van der Waals surface area contributed by atoms with Crippen molar-refractivity contribution < 1.29 is 22.7 Å². The second-order valence-corrected chi connectivity index (χ2v) is 5.90. The molecule has 1 aromatic carbocycles. The van der Waals surface area contributed by atoms with E-state index in [1.807, 2.05) is 32.0 Å². The highest BCUT2D eigenvalue weighted by Gasteiger charge is 2.31. The lowest BCUT2D eigenvalue weighted by atomic mass is 10.0. The number of rotatable bonds is 6. The van der Waals surface area contributed by atoms with Gasteiger partial charge in [-0.25, -0.2) is 0 Å². The molecule has 0 aliphatic heterocycles. The van der Waals surface area contributed by atoms with Crippen LogP contribution < -0.4 is 15.4 Å². The van der Waals surface area contributed by atoms with Crippen molar-refractivity contribution in [1.82, 2.24) is 15.5 Å². The maximum Gasteiger partial charge on any atom is 0.406 e. The number of hydrogen-bond donors (Lipinski definition) is 2. The molecule has 1 unspecified atom stereocenters. The first-order chi connectivity index (χ1) is 12.1. The van der Waals surface area contributed by atoms with Crippen LogP contribution in [0.2, 0.25) is 0 Å². The molecule has 1 atom stereocenters. The van der Waals surface area contributed by atoms with Crippen LogP contribution in [0.1, 0.15) is 24.1 Å². The van der Waals surface area contributed by atoms with Gasteiger partial charge in [0.15, 0.2) is 5.96 Å². The van der Waals surface area contributed by atoms with Crippen LogP contribution in [0.25, 0.3) is 0 Å². The van der Waals surface area contributed by atoms with Crippen molar-refractivity contribution in [2.45, 2.75) is 26.1 Å². The summed E-state index contributed by atoms with van der Waals surface area (Å²) >= 11 is 0. The van der Waals surface area contributed by atoms with Gasteiger partial charge in [0.1, 0.15) is 12.3 Å². The number of carbonyl (C=O) groups excluding carboxylic acids is 1. The zero-order valence-corrected chi connectivity index (χ0v) is 18.3. The normalized spacial score (nSPS) is 12.7. The van der Waals surface area contributed by atoms with E-state index in [1.54, 1.807) is 7.11 Å². The van der Waals surface area contributed by atoms with E-state index in [9.17, 15) is 18.0 Å². The fourth-order valence-electron chi connectivity index (χ4n) is 2.32. The van der Waals surface area contributed by atoms with Gasteiger partial charge in [-0.15, -0.1) is 24.0 Å². The molecule has 6 nitrogen and oxygen atoms in total. The standard InChI is InChI=1S/C17H25F3N4O2.HI/c1-11-6-7-14(26-5)13(8-11)12(2)23-16(21-3)22-9-15(25)24(4)10-17(18,19)20;/h6-8,12H,9-10H2,1-5H3,(H2,21,22,23);1H. The second-order valence-electron chi connectivity index (χ2n) is 5.90. The summed E-state index contributed by atoms with van der Waals surface area (Å²) in [6.07, 6.45) is -4.43. The van der Waals surface area contributed by atoms with Crippen molar-refractivity contribution >= 4 is 35.8 Å². The van der Waals surface area contributed by atoms with E-state index < -0.39 is 18.6 Å². The fraction of sp³-hybridized carbons (Fsp3) is 0.529. The number of nitrogens with zero attached hydrogens (tertiary/aromatic N) is 2. The molecule has 0 spiro atoms. The number of ether oxygens (including phenoxy) is 1. The molecule has 0 heterocycles. The largest absolute Gasteiger partial charge is 0.496 e. The second kappa shape index (κ2) is 11.2. The molecule has 0 saturated carbocycles. The Morgan fingerprint density at radius 3 is 2.52 bits per heavy atom. The van der Waals surface area contributed by atoms with E-state index in [4.69, 9.17) is 4.74 Å². The lowest BCUT2D eigenvalue weighted by molar-refractivity contribution is -0.157.